The molecule has 20 heavy (non-hydrogen) atoms. The van der Waals surface area contributed by atoms with Crippen LogP contribution in [0.1, 0.15) is 38.5 Å². The van der Waals surface area contributed by atoms with Gasteiger partial charge in [-0.05, 0) is 62.3 Å². The Labute approximate surface area is 120 Å². The van der Waals surface area contributed by atoms with E-state index in [0.29, 0.717) is 5.54 Å². The van der Waals surface area contributed by atoms with Crippen LogP contribution in [0.4, 0.5) is 0 Å². The summed E-state index contributed by atoms with van der Waals surface area (Å²) in [5, 5.41) is 3.84. The minimum absolute atomic E-state index is 0.111. The summed E-state index contributed by atoms with van der Waals surface area (Å²) in [6.07, 6.45) is 10.5. The minimum Gasteiger partial charge on any atom is -0.314 e. The van der Waals surface area contributed by atoms with E-state index < -0.39 is 0 Å². The third-order valence-corrected chi connectivity index (χ3v) is 5.79. The third kappa shape index (κ3) is 2.22. The molecule has 0 unspecified atom stereocenters. The second-order valence-electron chi connectivity index (χ2n) is 7.36. The van der Waals surface area contributed by atoms with E-state index >= 15 is 0 Å². The summed E-state index contributed by atoms with van der Waals surface area (Å²) < 4.78 is 1.81. The standard InChI is InChI=1S/C17H24N2O/c20-16-3-1-2-5-19(16)6-4-18-17-10-13-7-14(11-17)9-15(8-13)12-17/h1-3,5,13-15,18H,4,6-12H2. The van der Waals surface area contributed by atoms with Gasteiger partial charge in [0.05, 0.1) is 0 Å². The zero-order valence-corrected chi connectivity index (χ0v) is 12.1. The van der Waals surface area contributed by atoms with Crippen molar-refractivity contribution in [3.8, 4) is 0 Å². The molecule has 0 saturated heterocycles. The average Bonchev–Trinajstić information content (AvgIpc) is 2.39. The lowest BCUT2D eigenvalue weighted by atomic mass is 9.53. The quantitative estimate of drug-likeness (QED) is 0.913. The van der Waals surface area contributed by atoms with Gasteiger partial charge in [-0.25, -0.2) is 0 Å². The first kappa shape index (κ1) is 12.6. The molecule has 1 aromatic rings. The van der Waals surface area contributed by atoms with Gasteiger partial charge in [0.15, 0.2) is 0 Å². The Morgan fingerprint density at radius 1 is 1.10 bits per heavy atom. The first-order chi connectivity index (χ1) is 9.72. The van der Waals surface area contributed by atoms with Gasteiger partial charge in [0.1, 0.15) is 0 Å². The summed E-state index contributed by atoms with van der Waals surface area (Å²) in [5.41, 5.74) is 0.521. The van der Waals surface area contributed by atoms with Crippen LogP contribution in [0.15, 0.2) is 29.2 Å². The van der Waals surface area contributed by atoms with E-state index in [1.54, 1.807) is 6.07 Å². The number of nitrogens with zero attached hydrogens (tertiary/aromatic N) is 1. The summed E-state index contributed by atoms with van der Waals surface area (Å²) in [6.45, 7) is 1.72. The molecule has 4 bridgehead atoms. The average molecular weight is 272 g/mol. The van der Waals surface area contributed by atoms with E-state index in [4.69, 9.17) is 0 Å². The first-order valence-electron chi connectivity index (χ1n) is 8.13. The largest absolute Gasteiger partial charge is 0.314 e. The topological polar surface area (TPSA) is 34.0 Å². The third-order valence-electron chi connectivity index (χ3n) is 5.79. The molecule has 108 valence electrons. The van der Waals surface area contributed by atoms with E-state index in [2.05, 4.69) is 5.32 Å². The van der Waals surface area contributed by atoms with Gasteiger partial charge < -0.3 is 9.88 Å². The molecule has 4 saturated carbocycles. The van der Waals surface area contributed by atoms with Crippen LogP contribution in [-0.2, 0) is 6.54 Å². The molecule has 0 radical (unpaired) electrons. The van der Waals surface area contributed by atoms with Crippen molar-refractivity contribution >= 4 is 0 Å². The molecular weight excluding hydrogens is 248 g/mol. The fourth-order valence-corrected chi connectivity index (χ4v) is 5.41. The van der Waals surface area contributed by atoms with Crippen LogP contribution in [0.2, 0.25) is 0 Å². The van der Waals surface area contributed by atoms with Gasteiger partial charge in [0, 0.05) is 30.9 Å². The molecule has 1 aromatic heterocycles. The van der Waals surface area contributed by atoms with Crippen LogP contribution in [0.3, 0.4) is 0 Å². The molecule has 4 aliphatic carbocycles. The van der Waals surface area contributed by atoms with Gasteiger partial charge in [-0.2, -0.15) is 0 Å². The monoisotopic (exact) mass is 272 g/mol. The number of aromatic nitrogens is 1. The predicted octanol–water partition coefficient (Wildman–Crippen LogP) is 2.41. The molecule has 0 aliphatic heterocycles. The minimum atomic E-state index is 0.111. The molecule has 4 fully saturated rings. The van der Waals surface area contributed by atoms with E-state index in [0.717, 1.165) is 30.8 Å². The summed E-state index contributed by atoms with van der Waals surface area (Å²) in [4.78, 5) is 11.7. The number of hydrogen-bond donors (Lipinski definition) is 1. The lowest BCUT2D eigenvalue weighted by Gasteiger charge is -2.57. The van der Waals surface area contributed by atoms with E-state index in [-0.39, 0.29) is 5.56 Å². The maximum atomic E-state index is 11.7. The molecule has 5 rings (SSSR count). The predicted molar refractivity (Wildman–Crippen MR) is 79.6 cm³/mol. The SMILES string of the molecule is O=c1ccccn1CCNC12CC3CC(CC(C3)C1)C2. The van der Waals surface area contributed by atoms with Gasteiger partial charge in [0.25, 0.3) is 5.56 Å². The highest BCUT2D eigenvalue weighted by Crippen LogP contribution is 2.55. The Hall–Kier alpha value is -1.09. The van der Waals surface area contributed by atoms with Crippen LogP contribution in [-0.4, -0.2) is 16.7 Å². The Bertz CT molecular complexity index is 513. The first-order valence-corrected chi connectivity index (χ1v) is 8.13. The second kappa shape index (κ2) is 4.73. The smallest absolute Gasteiger partial charge is 0.250 e. The van der Waals surface area contributed by atoms with Gasteiger partial charge in [-0.1, -0.05) is 6.07 Å². The Balaban J connectivity index is 1.40. The highest BCUT2D eigenvalue weighted by molar-refractivity contribution is 5.06. The Morgan fingerprint density at radius 2 is 1.75 bits per heavy atom. The van der Waals surface area contributed by atoms with Crippen LogP contribution in [0.5, 0.6) is 0 Å². The van der Waals surface area contributed by atoms with E-state index in [1.807, 2.05) is 22.9 Å². The maximum Gasteiger partial charge on any atom is 0.250 e. The van der Waals surface area contributed by atoms with Crippen LogP contribution in [0.25, 0.3) is 0 Å². The van der Waals surface area contributed by atoms with Crippen molar-refractivity contribution in [2.45, 2.75) is 50.6 Å². The molecule has 4 aliphatic rings. The summed E-state index contributed by atoms with van der Waals surface area (Å²) in [7, 11) is 0. The van der Waals surface area contributed by atoms with Crippen molar-refractivity contribution in [3.05, 3.63) is 34.7 Å². The molecule has 0 spiro atoms. The zero-order chi connectivity index (χ0) is 13.6. The molecule has 0 amide bonds. The van der Waals surface area contributed by atoms with Crippen molar-refractivity contribution in [1.82, 2.24) is 9.88 Å². The van der Waals surface area contributed by atoms with Gasteiger partial charge >= 0.3 is 0 Å². The van der Waals surface area contributed by atoms with Crippen LogP contribution in [0, 0.1) is 17.8 Å². The summed E-state index contributed by atoms with van der Waals surface area (Å²) >= 11 is 0. The normalized spacial score (nSPS) is 38.3. The zero-order valence-electron chi connectivity index (χ0n) is 12.1. The maximum absolute atomic E-state index is 11.7. The van der Waals surface area contributed by atoms with Gasteiger partial charge in [0.2, 0.25) is 0 Å². The highest BCUT2D eigenvalue weighted by Gasteiger charge is 2.50. The van der Waals surface area contributed by atoms with E-state index in [1.165, 1.54) is 38.5 Å². The molecule has 3 nitrogen and oxygen atoms in total. The van der Waals surface area contributed by atoms with Crippen molar-refractivity contribution in [2.75, 3.05) is 6.54 Å². The molecule has 0 atom stereocenters. The lowest BCUT2D eigenvalue weighted by Crippen LogP contribution is -2.58. The summed E-state index contributed by atoms with van der Waals surface area (Å²) in [5.74, 6) is 2.94. The van der Waals surface area contributed by atoms with Crippen molar-refractivity contribution < 1.29 is 0 Å². The molecular formula is C17H24N2O. The molecule has 1 heterocycles. The van der Waals surface area contributed by atoms with Gasteiger partial charge in [-0.15, -0.1) is 0 Å². The molecule has 3 heteroatoms. The Kier molecular flexibility index (Phi) is 2.99. The Morgan fingerprint density at radius 3 is 2.35 bits per heavy atom. The highest BCUT2D eigenvalue weighted by atomic mass is 16.1. The summed E-state index contributed by atoms with van der Waals surface area (Å²) in [6, 6.07) is 5.39. The fraction of sp³-hybridized carbons (Fsp3) is 0.706. The van der Waals surface area contributed by atoms with Gasteiger partial charge in [-0.3, -0.25) is 4.79 Å². The lowest BCUT2D eigenvalue weighted by molar-refractivity contribution is -0.0198. The van der Waals surface area contributed by atoms with Crippen LogP contribution < -0.4 is 10.9 Å². The van der Waals surface area contributed by atoms with Crippen molar-refractivity contribution in [1.29, 1.82) is 0 Å². The van der Waals surface area contributed by atoms with Crippen LogP contribution >= 0.6 is 0 Å². The molecule has 1 N–H and O–H groups in total. The number of nitrogens with one attached hydrogen (secondary N) is 1. The molecule has 0 aromatic carbocycles. The number of rotatable bonds is 4. The van der Waals surface area contributed by atoms with E-state index in [9.17, 15) is 4.79 Å². The number of pyridine rings is 1. The van der Waals surface area contributed by atoms with Crippen molar-refractivity contribution in [3.63, 3.8) is 0 Å². The second-order valence-corrected chi connectivity index (χ2v) is 7.36. The van der Waals surface area contributed by atoms with Crippen molar-refractivity contribution in [2.24, 2.45) is 17.8 Å². The fourth-order valence-electron chi connectivity index (χ4n) is 5.41. The number of hydrogen-bond acceptors (Lipinski definition) is 2.